The van der Waals surface area contributed by atoms with Crippen molar-refractivity contribution in [3.8, 4) is 0 Å². The molecular weight excluding hydrogens is 397 g/mol. The van der Waals surface area contributed by atoms with Crippen LogP contribution in [-0.2, 0) is 6.54 Å². The number of amides is 1. The summed E-state index contributed by atoms with van der Waals surface area (Å²) in [7, 11) is 0. The molecule has 0 N–H and O–H groups in total. The fourth-order valence-corrected chi connectivity index (χ4v) is 4.21. The highest BCUT2D eigenvalue weighted by Gasteiger charge is 2.13. The number of nitro groups is 1. The molecule has 1 amide bonds. The Kier molecular flexibility index (Phi) is 5.22. The highest BCUT2D eigenvalue weighted by Crippen LogP contribution is 2.29. The van der Waals surface area contributed by atoms with Gasteiger partial charge in [-0.25, -0.2) is 0 Å². The van der Waals surface area contributed by atoms with Gasteiger partial charge in [0.1, 0.15) is 0 Å². The van der Waals surface area contributed by atoms with Crippen molar-refractivity contribution < 1.29 is 9.72 Å². The molecule has 0 atom stereocenters. The fourth-order valence-electron chi connectivity index (χ4n) is 2.39. The maximum atomic E-state index is 12.5. The van der Waals surface area contributed by atoms with Crippen LogP contribution in [0.3, 0.4) is 0 Å². The Bertz CT molecular complexity index is 1100. The molecule has 6 nitrogen and oxygen atoms in total. The number of carbonyl (C=O) groups excluding carboxylic acids is 1. The molecule has 9 heteroatoms. The molecule has 0 unspecified atom stereocenters. The third kappa shape index (κ3) is 3.55. The molecule has 0 saturated heterocycles. The number of fused-ring (bicyclic) bond motifs is 1. The molecule has 0 aliphatic rings. The molecule has 0 aliphatic heterocycles. The SMILES string of the molecule is C=CCn1c(=NC(=O)c2ccc([N+](=O)[O-])cc2)sc2cc(Cl)cc(Cl)c21. The molecule has 3 aromatic rings. The number of hydrogen-bond acceptors (Lipinski definition) is 4. The van der Waals surface area contributed by atoms with Gasteiger partial charge in [0.15, 0.2) is 4.80 Å². The van der Waals surface area contributed by atoms with Crippen molar-refractivity contribution >= 4 is 56.3 Å². The van der Waals surface area contributed by atoms with Gasteiger partial charge in [0, 0.05) is 29.3 Å². The van der Waals surface area contributed by atoms with E-state index >= 15 is 0 Å². The summed E-state index contributed by atoms with van der Waals surface area (Å²) in [6, 6.07) is 8.66. The zero-order valence-corrected chi connectivity index (χ0v) is 15.5. The lowest BCUT2D eigenvalue weighted by atomic mass is 10.2. The summed E-state index contributed by atoms with van der Waals surface area (Å²) in [5.74, 6) is -0.508. The monoisotopic (exact) mass is 407 g/mol. The molecular formula is C17H11Cl2N3O3S. The first-order valence-corrected chi connectivity index (χ1v) is 8.90. The van der Waals surface area contributed by atoms with Crippen LogP contribution < -0.4 is 4.80 Å². The van der Waals surface area contributed by atoms with Crippen molar-refractivity contribution in [2.75, 3.05) is 0 Å². The van der Waals surface area contributed by atoms with E-state index in [1.54, 1.807) is 22.8 Å². The number of nitrogens with zero attached hydrogens (tertiary/aromatic N) is 3. The predicted molar refractivity (Wildman–Crippen MR) is 103 cm³/mol. The van der Waals surface area contributed by atoms with Gasteiger partial charge < -0.3 is 4.57 Å². The summed E-state index contributed by atoms with van der Waals surface area (Å²) in [5.41, 5.74) is 0.880. The second-order valence-electron chi connectivity index (χ2n) is 5.24. The molecule has 2 aromatic carbocycles. The van der Waals surface area contributed by atoms with Crippen LogP contribution in [-0.4, -0.2) is 15.4 Å². The zero-order chi connectivity index (χ0) is 18.8. The van der Waals surface area contributed by atoms with Crippen molar-refractivity contribution in [3.63, 3.8) is 0 Å². The van der Waals surface area contributed by atoms with Gasteiger partial charge >= 0.3 is 0 Å². The number of allylic oxidation sites excluding steroid dienone is 1. The standard InChI is InChI=1S/C17H11Cl2N3O3S/c1-2-7-21-15-13(19)8-11(18)9-14(15)26-17(21)20-16(23)10-3-5-12(6-4-10)22(24)25/h2-6,8-9H,1,7H2. The maximum Gasteiger partial charge on any atom is 0.279 e. The number of nitro benzene ring substituents is 1. The topological polar surface area (TPSA) is 77.5 Å². The second kappa shape index (κ2) is 7.41. The largest absolute Gasteiger partial charge is 0.311 e. The fraction of sp³-hybridized carbons (Fsp3) is 0.0588. The number of thiazole rings is 1. The van der Waals surface area contributed by atoms with Crippen LogP contribution in [0.15, 0.2) is 54.0 Å². The predicted octanol–water partition coefficient (Wildman–Crippen LogP) is 4.84. The molecule has 26 heavy (non-hydrogen) atoms. The highest BCUT2D eigenvalue weighted by molar-refractivity contribution is 7.16. The number of halogens is 2. The quantitative estimate of drug-likeness (QED) is 0.352. The first-order chi connectivity index (χ1) is 12.4. The van der Waals surface area contributed by atoms with Gasteiger partial charge in [-0.05, 0) is 24.3 Å². The summed E-state index contributed by atoms with van der Waals surface area (Å²) in [6.07, 6.45) is 1.67. The van der Waals surface area contributed by atoms with Crippen LogP contribution in [0.1, 0.15) is 10.4 Å². The van der Waals surface area contributed by atoms with Crippen LogP contribution in [0, 0.1) is 10.1 Å². The Morgan fingerprint density at radius 2 is 2.00 bits per heavy atom. The summed E-state index contributed by atoms with van der Waals surface area (Å²) < 4.78 is 2.56. The van der Waals surface area contributed by atoms with E-state index in [1.807, 2.05) is 0 Å². The third-order valence-corrected chi connectivity index (χ3v) is 5.06. The van der Waals surface area contributed by atoms with E-state index in [2.05, 4.69) is 11.6 Å². The normalized spacial score (nSPS) is 11.7. The average Bonchev–Trinajstić information content (AvgIpc) is 2.92. The summed E-state index contributed by atoms with van der Waals surface area (Å²) in [5, 5.41) is 11.7. The molecule has 1 aromatic heterocycles. The lowest BCUT2D eigenvalue weighted by Gasteiger charge is -2.03. The number of rotatable bonds is 4. The van der Waals surface area contributed by atoms with Gasteiger partial charge in [-0.15, -0.1) is 6.58 Å². The van der Waals surface area contributed by atoms with Gasteiger partial charge in [0.2, 0.25) is 0 Å². The Balaban J connectivity index is 2.12. The van der Waals surface area contributed by atoms with E-state index in [4.69, 9.17) is 23.2 Å². The Morgan fingerprint density at radius 3 is 2.62 bits per heavy atom. The second-order valence-corrected chi connectivity index (χ2v) is 7.09. The van der Waals surface area contributed by atoms with Crippen molar-refractivity contribution in [1.82, 2.24) is 4.57 Å². The summed E-state index contributed by atoms with van der Waals surface area (Å²) >= 11 is 13.6. The highest BCUT2D eigenvalue weighted by atomic mass is 35.5. The first kappa shape index (κ1) is 18.3. The number of carbonyl (C=O) groups is 1. The molecule has 132 valence electrons. The van der Waals surface area contributed by atoms with Crippen LogP contribution in [0.25, 0.3) is 10.2 Å². The molecule has 0 saturated carbocycles. The lowest BCUT2D eigenvalue weighted by Crippen LogP contribution is -2.16. The minimum absolute atomic E-state index is 0.0912. The minimum atomic E-state index is -0.527. The van der Waals surface area contributed by atoms with E-state index in [1.165, 1.54) is 35.6 Å². The molecule has 0 bridgehead atoms. The van der Waals surface area contributed by atoms with Gasteiger partial charge in [-0.1, -0.05) is 40.6 Å². The molecule has 0 fully saturated rings. The number of non-ortho nitro benzene ring substituents is 1. The number of hydrogen-bond donors (Lipinski definition) is 0. The minimum Gasteiger partial charge on any atom is -0.311 e. The average molecular weight is 408 g/mol. The van der Waals surface area contributed by atoms with Crippen molar-refractivity contribution in [3.05, 3.63) is 79.6 Å². The van der Waals surface area contributed by atoms with E-state index in [0.717, 1.165) is 10.2 Å². The maximum absolute atomic E-state index is 12.5. The van der Waals surface area contributed by atoms with Crippen molar-refractivity contribution in [1.29, 1.82) is 0 Å². The lowest BCUT2D eigenvalue weighted by molar-refractivity contribution is -0.384. The Hall–Kier alpha value is -2.48. The van der Waals surface area contributed by atoms with Crippen LogP contribution in [0.2, 0.25) is 10.0 Å². The summed E-state index contributed by atoms with van der Waals surface area (Å²) in [6.45, 7) is 4.13. The third-order valence-electron chi connectivity index (χ3n) is 3.53. The van der Waals surface area contributed by atoms with Crippen molar-refractivity contribution in [2.45, 2.75) is 6.54 Å². The molecule has 0 radical (unpaired) electrons. The molecule has 0 spiro atoms. The molecule has 0 aliphatic carbocycles. The summed E-state index contributed by atoms with van der Waals surface area (Å²) in [4.78, 5) is 27.2. The Labute approximate surface area is 161 Å². The van der Waals surface area contributed by atoms with Gasteiger partial charge in [-0.2, -0.15) is 4.99 Å². The van der Waals surface area contributed by atoms with E-state index in [9.17, 15) is 14.9 Å². The van der Waals surface area contributed by atoms with E-state index in [0.29, 0.717) is 21.4 Å². The van der Waals surface area contributed by atoms with Gasteiger partial charge in [0.05, 0.1) is 20.2 Å². The first-order valence-electron chi connectivity index (χ1n) is 7.33. The Morgan fingerprint density at radius 1 is 1.31 bits per heavy atom. The van der Waals surface area contributed by atoms with Crippen LogP contribution in [0.5, 0.6) is 0 Å². The number of aromatic nitrogens is 1. The molecule has 3 rings (SSSR count). The number of benzene rings is 2. The van der Waals surface area contributed by atoms with Crippen LogP contribution in [0.4, 0.5) is 5.69 Å². The van der Waals surface area contributed by atoms with Crippen LogP contribution >= 0.6 is 34.5 Å². The van der Waals surface area contributed by atoms with E-state index < -0.39 is 10.8 Å². The smallest absolute Gasteiger partial charge is 0.279 e. The van der Waals surface area contributed by atoms with E-state index in [-0.39, 0.29) is 11.3 Å². The molecule has 1 heterocycles. The van der Waals surface area contributed by atoms with Gasteiger partial charge in [-0.3, -0.25) is 14.9 Å². The van der Waals surface area contributed by atoms with Gasteiger partial charge in [0.25, 0.3) is 11.6 Å². The van der Waals surface area contributed by atoms with Crippen molar-refractivity contribution in [2.24, 2.45) is 4.99 Å². The zero-order valence-electron chi connectivity index (χ0n) is 13.2.